The Kier molecular flexibility index (Phi) is 5.51. The van der Waals surface area contributed by atoms with Crippen molar-refractivity contribution in [3.63, 3.8) is 0 Å². The van der Waals surface area contributed by atoms with Crippen molar-refractivity contribution in [3.8, 4) is 17.1 Å². The maximum Gasteiger partial charge on any atom is 0.337 e. The summed E-state index contributed by atoms with van der Waals surface area (Å²) in [5.41, 5.74) is 1.39. The molecule has 2 aromatic heterocycles. The predicted octanol–water partition coefficient (Wildman–Crippen LogP) is 4.91. The van der Waals surface area contributed by atoms with Crippen LogP contribution in [0.5, 0.6) is 5.75 Å². The molecule has 0 atom stereocenters. The van der Waals surface area contributed by atoms with Gasteiger partial charge in [-0.3, -0.25) is 14.2 Å². The van der Waals surface area contributed by atoms with Crippen molar-refractivity contribution in [3.05, 3.63) is 72.1 Å². The normalized spacial score (nSPS) is 10.8. The van der Waals surface area contributed by atoms with Gasteiger partial charge in [-0.1, -0.05) is 0 Å². The Balaban J connectivity index is 1.74. The van der Waals surface area contributed by atoms with Crippen molar-refractivity contribution in [2.45, 2.75) is 13.8 Å². The number of furan rings is 1. The first kappa shape index (κ1) is 20.9. The number of fused-ring (bicyclic) bond motifs is 1. The SMILES string of the molecule is CCOc1ccc2c(c1)c(C(=O)Nc1ccc(-c3ccco3)cc1C(=O)O)cn2C(C)=O. The molecule has 4 rings (SSSR count). The molecule has 0 saturated carbocycles. The van der Waals surface area contributed by atoms with Gasteiger partial charge in [-0.05, 0) is 55.5 Å². The number of benzene rings is 2. The summed E-state index contributed by atoms with van der Waals surface area (Å²) in [7, 11) is 0. The number of carbonyl (C=O) groups is 3. The van der Waals surface area contributed by atoms with Gasteiger partial charge in [-0.15, -0.1) is 0 Å². The van der Waals surface area contributed by atoms with E-state index in [1.54, 1.807) is 36.4 Å². The van der Waals surface area contributed by atoms with E-state index in [1.165, 1.54) is 36.1 Å². The van der Waals surface area contributed by atoms with Crippen LogP contribution < -0.4 is 10.1 Å². The van der Waals surface area contributed by atoms with Crippen LogP contribution in [-0.4, -0.2) is 34.1 Å². The van der Waals surface area contributed by atoms with E-state index < -0.39 is 11.9 Å². The highest BCUT2D eigenvalue weighted by atomic mass is 16.5. The number of hydrogen-bond acceptors (Lipinski definition) is 5. The summed E-state index contributed by atoms with van der Waals surface area (Å²) in [5.74, 6) is -0.926. The highest BCUT2D eigenvalue weighted by Crippen LogP contribution is 2.29. The third kappa shape index (κ3) is 3.85. The number of hydrogen-bond donors (Lipinski definition) is 2. The Bertz CT molecular complexity index is 1330. The molecule has 4 aromatic rings. The summed E-state index contributed by atoms with van der Waals surface area (Å²) in [5, 5.41) is 12.8. The van der Waals surface area contributed by atoms with Crippen molar-refractivity contribution >= 4 is 34.4 Å². The zero-order chi connectivity index (χ0) is 22.8. The highest BCUT2D eigenvalue weighted by molar-refractivity contribution is 6.16. The van der Waals surface area contributed by atoms with E-state index in [-0.39, 0.29) is 22.7 Å². The summed E-state index contributed by atoms with van der Waals surface area (Å²) >= 11 is 0. The Morgan fingerprint density at radius 2 is 1.91 bits per heavy atom. The topological polar surface area (TPSA) is 111 Å². The minimum absolute atomic E-state index is 0.0856. The molecule has 0 unspecified atom stereocenters. The van der Waals surface area contributed by atoms with Gasteiger partial charge in [0.2, 0.25) is 5.91 Å². The van der Waals surface area contributed by atoms with Crippen LogP contribution >= 0.6 is 0 Å². The van der Waals surface area contributed by atoms with Crippen molar-refractivity contribution < 1.29 is 28.6 Å². The van der Waals surface area contributed by atoms with Crippen LogP contribution in [0.1, 0.15) is 39.4 Å². The van der Waals surface area contributed by atoms with E-state index in [2.05, 4.69) is 5.32 Å². The largest absolute Gasteiger partial charge is 0.494 e. The van der Waals surface area contributed by atoms with Gasteiger partial charge < -0.3 is 19.6 Å². The van der Waals surface area contributed by atoms with E-state index in [0.29, 0.717) is 34.6 Å². The molecule has 32 heavy (non-hydrogen) atoms. The van der Waals surface area contributed by atoms with Gasteiger partial charge in [0, 0.05) is 24.1 Å². The van der Waals surface area contributed by atoms with Crippen LogP contribution in [0.15, 0.2) is 65.4 Å². The van der Waals surface area contributed by atoms with E-state index in [0.717, 1.165) is 0 Å². The van der Waals surface area contributed by atoms with Gasteiger partial charge >= 0.3 is 5.97 Å². The number of aromatic nitrogens is 1. The molecule has 8 heteroatoms. The number of aromatic carboxylic acids is 1. The average molecular weight is 432 g/mol. The number of amides is 1. The molecule has 2 N–H and O–H groups in total. The van der Waals surface area contributed by atoms with E-state index in [9.17, 15) is 19.5 Å². The van der Waals surface area contributed by atoms with Crippen molar-refractivity contribution in [1.82, 2.24) is 4.57 Å². The van der Waals surface area contributed by atoms with Crippen molar-refractivity contribution in [2.75, 3.05) is 11.9 Å². The van der Waals surface area contributed by atoms with E-state index in [1.807, 2.05) is 6.92 Å². The lowest BCUT2D eigenvalue weighted by Gasteiger charge is -2.10. The summed E-state index contributed by atoms with van der Waals surface area (Å²) in [4.78, 5) is 37.0. The van der Waals surface area contributed by atoms with Gasteiger partial charge in [0.1, 0.15) is 11.5 Å². The minimum atomic E-state index is -1.20. The molecule has 2 heterocycles. The molecular formula is C24H20N2O6. The molecule has 0 aliphatic heterocycles. The molecule has 0 aliphatic carbocycles. The Morgan fingerprint density at radius 1 is 1.09 bits per heavy atom. The van der Waals surface area contributed by atoms with Crippen molar-refractivity contribution in [1.29, 1.82) is 0 Å². The number of anilines is 1. The van der Waals surface area contributed by atoms with Gasteiger partial charge in [0.25, 0.3) is 5.91 Å². The molecule has 1 amide bonds. The van der Waals surface area contributed by atoms with Gasteiger partial charge in [-0.2, -0.15) is 0 Å². The molecule has 8 nitrogen and oxygen atoms in total. The first-order chi connectivity index (χ1) is 15.4. The average Bonchev–Trinajstić information content (AvgIpc) is 3.42. The van der Waals surface area contributed by atoms with E-state index in [4.69, 9.17) is 9.15 Å². The highest BCUT2D eigenvalue weighted by Gasteiger charge is 2.20. The van der Waals surface area contributed by atoms with Crippen molar-refractivity contribution in [2.24, 2.45) is 0 Å². The molecule has 2 aromatic carbocycles. The Morgan fingerprint density at radius 3 is 2.56 bits per heavy atom. The summed E-state index contributed by atoms with van der Waals surface area (Å²) < 4.78 is 12.2. The van der Waals surface area contributed by atoms with E-state index >= 15 is 0 Å². The zero-order valence-electron chi connectivity index (χ0n) is 17.4. The first-order valence-corrected chi connectivity index (χ1v) is 9.90. The second kappa shape index (κ2) is 8.43. The lowest BCUT2D eigenvalue weighted by molar-refractivity contribution is 0.0697. The molecule has 0 radical (unpaired) electrons. The fraction of sp³-hybridized carbons (Fsp3) is 0.125. The second-order valence-electron chi connectivity index (χ2n) is 7.04. The summed E-state index contributed by atoms with van der Waals surface area (Å²) in [6.07, 6.45) is 2.93. The zero-order valence-corrected chi connectivity index (χ0v) is 17.4. The third-order valence-corrected chi connectivity index (χ3v) is 4.97. The second-order valence-corrected chi connectivity index (χ2v) is 7.04. The van der Waals surface area contributed by atoms with Crippen LogP contribution in [0.2, 0.25) is 0 Å². The van der Waals surface area contributed by atoms with Crippen LogP contribution in [-0.2, 0) is 0 Å². The summed E-state index contributed by atoms with van der Waals surface area (Å²) in [6.45, 7) is 3.69. The molecule has 0 saturated heterocycles. The lowest BCUT2D eigenvalue weighted by atomic mass is 10.1. The van der Waals surface area contributed by atoms with Crippen LogP contribution in [0, 0.1) is 0 Å². The standard InChI is InChI=1S/C24H20N2O6/c1-3-31-16-7-9-21-17(12-16)19(13-26(21)14(2)27)23(28)25-20-8-6-15(11-18(20)24(29)30)22-5-4-10-32-22/h4-13H,3H2,1-2H3,(H,25,28)(H,29,30). The summed E-state index contributed by atoms with van der Waals surface area (Å²) in [6, 6.07) is 13.1. The number of carboxylic acid groups (broad SMARTS) is 1. The first-order valence-electron chi connectivity index (χ1n) is 9.90. The van der Waals surface area contributed by atoms with Gasteiger partial charge in [0.15, 0.2) is 0 Å². The Labute approximate surface area is 183 Å². The third-order valence-electron chi connectivity index (χ3n) is 4.97. The van der Waals surface area contributed by atoms with Crippen LogP contribution in [0.4, 0.5) is 5.69 Å². The number of nitrogens with zero attached hydrogens (tertiary/aromatic N) is 1. The fourth-order valence-electron chi connectivity index (χ4n) is 3.52. The fourth-order valence-corrected chi connectivity index (χ4v) is 3.52. The minimum Gasteiger partial charge on any atom is -0.494 e. The number of rotatable bonds is 6. The molecule has 0 bridgehead atoms. The number of nitrogens with one attached hydrogen (secondary N) is 1. The molecule has 162 valence electrons. The molecular weight excluding hydrogens is 412 g/mol. The smallest absolute Gasteiger partial charge is 0.337 e. The number of ether oxygens (including phenoxy) is 1. The quantitative estimate of drug-likeness (QED) is 0.448. The van der Waals surface area contributed by atoms with Crippen LogP contribution in [0.3, 0.4) is 0 Å². The predicted molar refractivity (Wildman–Crippen MR) is 118 cm³/mol. The van der Waals surface area contributed by atoms with Gasteiger partial charge in [-0.25, -0.2) is 4.79 Å². The Hall–Kier alpha value is -4.33. The van der Waals surface area contributed by atoms with Gasteiger partial charge in [0.05, 0.1) is 35.2 Å². The maximum atomic E-state index is 13.1. The lowest BCUT2D eigenvalue weighted by Crippen LogP contribution is -2.15. The number of carboxylic acids is 1. The number of carbonyl (C=O) groups excluding carboxylic acids is 2. The monoisotopic (exact) mass is 432 g/mol. The molecule has 0 aliphatic rings. The molecule has 0 fully saturated rings. The maximum absolute atomic E-state index is 13.1. The van der Waals surface area contributed by atoms with Crippen LogP contribution in [0.25, 0.3) is 22.2 Å². The molecule has 0 spiro atoms.